The minimum Gasteiger partial charge on any atom is -0.507 e. The molecule has 6 heteroatoms. The molecule has 0 aliphatic heterocycles. The number of benzene rings is 1. The zero-order chi connectivity index (χ0) is 14.7. The number of hydrogen-bond donors (Lipinski definition) is 2. The summed E-state index contributed by atoms with van der Waals surface area (Å²) in [5, 5.41) is 22.5. The number of oxazole rings is 1. The molecule has 0 aliphatic carbocycles. The molecule has 1 aromatic heterocycles. The summed E-state index contributed by atoms with van der Waals surface area (Å²) < 4.78 is 5.21. The Hall–Kier alpha value is -2.81. The summed E-state index contributed by atoms with van der Waals surface area (Å²) in [6, 6.07) is 5.54. The van der Waals surface area contributed by atoms with Crippen LogP contribution in [0.1, 0.15) is 28.3 Å². The molecule has 2 N–H and O–H groups in total. The van der Waals surface area contributed by atoms with E-state index in [1.54, 1.807) is 13.1 Å². The van der Waals surface area contributed by atoms with Gasteiger partial charge < -0.3 is 9.52 Å². The van der Waals surface area contributed by atoms with Crippen LogP contribution in [0, 0.1) is 32.1 Å². The number of hydrogen-bond acceptors (Lipinski definition) is 6. The fourth-order valence-electron chi connectivity index (χ4n) is 1.81. The second kappa shape index (κ2) is 5.45. The normalized spacial score (nSPS) is 10.7. The van der Waals surface area contributed by atoms with E-state index in [-0.39, 0.29) is 17.3 Å². The molecule has 2 aromatic rings. The Morgan fingerprint density at radius 1 is 1.35 bits per heavy atom. The molecule has 0 aliphatic rings. The average Bonchev–Trinajstić information content (AvgIpc) is 2.76. The number of aromatic hydroxyl groups is 1. The van der Waals surface area contributed by atoms with E-state index < -0.39 is 0 Å². The second-order valence-electron chi connectivity index (χ2n) is 4.40. The third-order valence-corrected chi connectivity index (χ3v) is 2.73. The van der Waals surface area contributed by atoms with Gasteiger partial charge in [-0.1, -0.05) is 0 Å². The summed E-state index contributed by atoms with van der Waals surface area (Å²) in [7, 11) is 0. The standard InChI is InChI=1S/C14H14N4O2/c1-8-4-11(5-9(2)13(8)19)7-16-18-14-12(6-15)17-10(3)20-14/h4-5,7,18-19H,1-3H3. The maximum atomic E-state index is 9.69. The molecule has 102 valence electrons. The van der Waals surface area contributed by atoms with Gasteiger partial charge in [-0.05, 0) is 42.7 Å². The van der Waals surface area contributed by atoms with Crippen molar-refractivity contribution in [3.8, 4) is 11.8 Å². The predicted molar refractivity (Wildman–Crippen MR) is 74.8 cm³/mol. The molecular weight excluding hydrogens is 256 g/mol. The molecule has 0 amide bonds. The number of nitrogens with one attached hydrogen (secondary N) is 1. The van der Waals surface area contributed by atoms with Gasteiger partial charge in [-0.25, -0.2) is 10.4 Å². The van der Waals surface area contributed by atoms with E-state index in [0.29, 0.717) is 5.89 Å². The van der Waals surface area contributed by atoms with Crippen LogP contribution in [-0.4, -0.2) is 16.3 Å². The van der Waals surface area contributed by atoms with Gasteiger partial charge in [0.2, 0.25) is 5.69 Å². The lowest BCUT2D eigenvalue weighted by molar-refractivity contribution is 0.467. The molecule has 0 fully saturated rings. The minimum atomic E-state index is 0.165. The predicted octanol–water partition coefficient (Wildman–Crippen LogP) is 2.62. The molecule has 0 bridgehead atoms. The van der Waals surface area contributed by atoms with Gasteiger partial charge in [0.1, 0.15) is 11.8 Å². The van der Waals surface area contributed by atoms with Crippen molar-refractivity contribution in [3.05, 3.63) is 40.4 Å². The summed E-state index contributed by atoms with van der Waals surface area (Å²) in [6.45, 7) is 5.30. The molecule has 6 nitrogen and oxygen atoms in total. The van der Waals surface area contributed by atoms with Crippen molar-refractivity contribution < 1.29 is 9.52 Å². The molecule has 1 heterocycles. The molecule has 20 heavy (non-hydrogen) atoms. The first kappa shape index (κ1) is 13.6. The third-order valence-electron chi connectivity index (χ3n) is 2.73. The molecule has 0 unspecified atom stereocenters. The van der Waals surface area contributed by atoms with Crippen molar-refractivity contribution in [1.82, 2.24) is 4.98 Å². The molecule has 0 saturated heterocycles. The number of aryl methyl sites for hydroxylation is 3. The highest BCUT2D eigenvalue weighted by Gasteiger charge is 2.08. The van der Waals surface area contributed by atoms with Crippen molar-refractivity contribution in [2.24, 2.45) is 5.10 Å². The smallest absolute Gasteiger partial charge is 0.252 e. The van der Waals surface area contributed by atoms with Crippen LogP contribution in [0.3, 0.4) is 0 Å². The number of nitrogens with zero attached hydrogens (tertiary/aromatic N) is 3. The van der Waals surface area contributed by atoms with Gasteiger partial charge in [-0.3, -0.25) is 0 Å². The highest BCUT2D eigenvalue weighted by atomic mass is 16.4. The highest BCUT2D eigenvalue weighted by Crippen LogP contribution is 2.22. The fraction of sp³-hybridized carbons (Fsp3) is 0.214. The molecular formula is C14H14N4O2. The maximum absolute atomic E-state index is 9.69. The largest absolute Gasteiger partial charge is 0.507 e. The quantitative estimate of drug-likeness (QED) is 0.660. The molecule has 2 rings (SSSR count). The number of hydrazone groups is 1. The lowest BCUT2D eigenvalue weighted by Crippen LogP contribution is -1.93. The molecule has 0 atom stereocenters. The summed E-state index contributed by atoms with van der Waals surface area (Å²) in [5.41, 5.74) is 5.20. The van der Waals surface area contributed by atoms with Crippen LogP contribution in [0.15, 0.2) is 21.7 Å². The molecule has 0 saturated carbocycles. The Morgan fingerprint density at radius 2 is 2.00 bits per heavy atom. The number of phenols is 1. The zero-order valence-corrected chi connectivity index (χ0v) is 11.4. The first-order valence-corrected chi connectivity index (χ1v) is 5.98. The Labute approximate surface area is 116 Å². The van der Waals surface area contributed by atoms with Crippen molar-refractivity contribution in [1.29, 1.82) is 5.26 Å². The lowest BCUT2D eigenvalue weighted by atomic mass is 10.1. The average molecular weight is 270 g/mol. The topological polar surface area (TPSA) is 94.4 Å². The Bertz CT molecular complexity index is 687. The number of aromatic nitrogens is 1. The van der Waals surface area contributed by atoms with Crippen LogP contribution >= 0.6 is 0 Å². The SMILES string of the molecule is Cc1nc(C#N)c(NN=Cc2cc(C)c(O)c(C)c2)o1. The van der Waals surface area contributed by atoms with Gasteiger partial charge in [-0.2, -0.15) is 10.4 Å². The Morgan fingerprint density at radius 3 is 2.60 bits per heavy atom. The number of rotatable bonds is 3. The summed E-state index contributed by atoms with van der Waals surface area (Å²) in [4.78, 5) is 3.90. The Kier molecular flexibility index (Phi) is 3.71. The summed E-state index contributed by atoms with van der Waals surface area (Å²) in [5.74, 6) is 0.900. The zero-order valence-electron chi connectivity index (χ0n) is 11.4. The number of nitriles is 1. The van der Waals surface area contributed by atoms with E-state index >= 15 is 0 Å². The van der Waals surface area contributed by atoms with Crippen LogP contribution in [-0.2, 0) is 0 Å². The first-order valence-electron chi connectivity index (χ1n) is 5.98. The summed E-state index contributed by atoms with van der Waals surface area (Å²) in [6.07, 6.45) is 1.58. The van der Waals surface area contributed by atoms with E-state index in [2.05, 4.69) is 15.5 Å². The molecule has 1 aromatic carbocycles. The monoisotopic (exact) mass is 270 g/mol. The van der Waals surface area contributed by atoms with Crippen molar-refractivity contribution >= 4 is 12.1 Å². The van der Waals surface area contributed by atoms with E-state index in [4.69, 9.17) is 9.68 Å². The molecule has 0 spiro atoms. The number of anilines is 1. The van der Waals surface area contributed by atoms with Crippen LogP contribution < -0.4 is 5.43 Å². The summed E-state index contributed by atoms with van der Waals surface area (Å²) >= 11 is 0. The minimum absolute atomic E-state index is 0.165. The van der Waals surface area contributed by atoms with Crippen molar-refractivity contribution in [2.75, 3.05) is 5.43 Å². The van der Waals surface area contributed by atoms with Gasteiger partial charge in [-0.15, -0.1) is 0 Å². The van der Waals surface area contributed by atoms with Gasteiger partial charge in [0.15, 0.2) is 5.89 Å². The van der Waals surface area contributed by atoms with Gasteiger partial charge in [0, 0.05) is 6.92 Å². The third kappa shape index (κ3) is 2.78. The van der Waals surface area contributed by atoms with Crippen LogP contribution in [0.4, 0.5) is 5.88 Å². The van der Waals surface area contributed by atoms with Crippen molar-refractivity contribution in [2.45, 2.75) is 20.8 Å². The maximum Gasteiger partial charge on any atom is 0.252 e. The first-order chi connectivity index (χ1) is 9.51. The van der Waals surface area contributed by atoms with Crippen LogP contribution in [0.25, 0.3) is 0 Å². The van der Waals surface area contributed by atoms with Crippen LogP contribution in [0.2, 0.25) is 0 Å². The Balaban J connectivity index is 2.16. The van der Waals surface area contributed by atoms with E-state index in [9.17, 15) is 5.11 Å². The van der Waals surface area contributed by atoms with Crippen molar-refractivity contribution in [3.63, 3.8) is 0 Å². The van der Waals surface area contributed by atoms with Gasteiger partial charge >= 0.3 is 0 Å². The van der Waals surface area contributed by atoms with E-state index in [0.717, 1.165) is 16.7 Å². The highest BCUT2D eigenvalue weighted by molar-refractivity contribution is 5.81. The van der Waals surface area contributed by atoms with E-state index in [1.807, 2.05) is 32.0 Å². The molecule has 0 radical (unpaired) electrons. The van der Waals surface area contributed by atoms with E-state index in [1.165, 1.54) is 0 Å². The lowest BCUT2D eigenvalue weighted by Gasteiger charge is -2.04. The van der Waals surface area contributed by atoms with Crippen LogP contribution in [0.5, 0.6) is 5.75 Å². The van der Waals surface area contributed by atoms with Gasteiger partial charge in [0.25, 0.3) is 5.88 Å². The van der Waals surface area contributed by atoms with Gasteiger partial charge in [0.05, 0.1) is 6.21 Å². The second-order valence-corrected chi connectivity index (χ2v) is 4.40. The fourth-order valence-corrected chi connectivity index (χ4v) is 1.81. The number of phenolic OH excluding ortho intramolecular Hbond substituents is 1.